The second-order valence-electron chi connectivity index (χ2n) is 5.10. The number of fused-ring (bicyclic) bond motifs is 1. The molecule has 0 aliphatic rings. The molecule has 2 aromatic carbocycles. The Morgan fingerprint density at radius 1 is 0.864 bits per heavy atom. The molecule has 22 heavy (non-hydrogen) atoms. The Labute approximate surface area is 131 Å². The molecule has 0 unspecified atom stereocenters. The van der Waals surface area contributed by atoms with Gasteiger partial charge in [0.2, 0.25) is 0 Å². The van der Waals surface area contributed by atoms with Gasteiger partial charge >= 0.3 is 0 Å². The maximum absolute atomic E-state index is 13.0. The molecule has 4 aromatic rings. The van der Waals surface area contributed by atoms with E-state index >= 15 is 0 Å². The van der Waals surface area contributed by atoms with Crippen molar-refractivity contribution in [1.29, 1.82) is 0 Å². The molecule has 0 spiro atoms. The largest absolute Gasteiger partial charge is 0.276 e. The van der Waals surface area contributed by atoms with Gasteiger partial charge in [-0.2, -0.15) is 11.3 Å². The lowest BCUT2D eigenvalue weighted by Crippen LogP contribution is -2.20. The van der Waals surface area contributed by atoms with Crippen molar-refractivity contribution in [2.24, 2.45) is 0 Å². The Hall–Kier alpha value is -2.65. The topological polar surface area (TPSA) is 22.0 Å². The third-order valence-electron chi connectivity index (χ3n) is 3.76. The van der Waals surface area contributed by atoms with E-state index < -0.39 is 0 Å². The van der Waals surface area contributed by atoms with Crippen LogP contribution in [-0.2, 0) is 0 Å². The summed E-state index contributed by atoms with van der Waals surface area (Å²) in [5, 5.41) is 5.82. The van der Waals surface area contributed by atoms with Crippen molar-refractivity contribution in [2.45, 2.75) is 0 Å². The number of pyridine rings is 1. The van der Waals surface area contributed by atoms with Crippen LogP contribution in [0.25, 0.3) is 27.7 Å². The molecule has 0 saturated heterocycles. The number of rotatable bonds is 2. The highest BCUT2D eigenvalue weighted by Gasteiger charge is 2.12. The summed E-state index contributed by atoms with van der Waals surface area (Å²) in [4.78, 5) is 13.0. The van der Waals surface area contributed by atoms with E-state index in [-0.39, 0.29) is 5.56 Å². The monoisotopic (exact) mass is 303 g/mol. The highest BCUT2D eigenvalue weighted by Crippen LogP contribution is 2.26. The minimum Gasteiger partial charge on any atom is -0.276 e. The van der Waals surface area contributed by atoms with Crippen molar-refractivity contribution in [3.63, 3.8) is 0 Å². The molecule has 2 aromatic heterocycles. The summed E-state index contributed by atoms with van der Waals surface area (Å²) in [6.45, 7) is 0. The van der Waals surface area contributed by atoms with Gasteiger partial charge in [-0.3, -0.25) is 9.36 Å². The highest BCUT2D eigenvalue weighted by molar-refractivity contribution is 7.08. The van der Waals surface area contributed by atoms with E-state index in [4.69, 9.17) is 0 Å². The summed E-state index contributed by atoms with van der Waals surface area (Å²) >= 11 is 1.63. The van der Waals surface area contributed by atoms with Crippen LogP contribution in [0.4, 0.5) is 0 Å². The van der Waals surface area contributed by atoms with Crippen molar-refractivity contribution < 1.29 is 0 Å². The Balaban J connectivity index is 2.15. The molecule has 0 bridgehead atoms. The second kappa shape index (κ2) is 5.28. The van der Waals surface area contributed by atoms with Crippen LogP contribution in [0.3, 0.4) is 0 Å². The average Bonchev–Trinajstić information content (AvgIpc) is 3.10. The van der Waals surface area contributed by atoms with Crippen molar-refractivity contribution in [3.05, 3.63) is 87.8 Å². The zero-order chi connectivity index (χ0) is 14.9. The van der Waals surface area contributed by atoms with Gasteiger partial charge < -0.3 is 0 Å². The number of hydrogen-bond acceptors (Lipinski definition) is 2. The molecule has 0 saturated carbocycles. The third kappa shape index (κ3) is 2.07. The van der Waals surface area contributed by atoms with Crippen molar-refractivity contribution >= 4 is 22.1 Å². The summed E-state index contributed by atoms with van der Waals surface area (Å²) < 4.78 is 1.80. The van der Waals surface area contributed by atoms with Gasteiger partial charge in [0, 0.05) is 22.0 Å². The fourth-order valence-electron chi connectivity index (χ4n) is 2.72. The summed E-state index contributed by atoms with van der Waals surface area (Å²) in [6.07, 6.45) is 0. The van der Waals surface area contributed by atoms with Gasteiger partial charge in [0.05, 0.1) is 5.69 Å². The first-order valence-corrected chi connectivity index (χ1v) is 8.02. The second-order valence-corrected chi connectivity index (χ2v) is 5.88. The number of hydrogen-bond donors (Lipinski definition) is 0. The van der Waals surface area contributed by atoms with Crippen LogP contribution < -0.4 is 5.56 Å². The first-order chi connectivity index (χ1) is 10.8. The van der Waals surface area contributed by atoms with E-state index in [2.05, 4.69) is 11.4 Å². The lowest BCUT2D eigenvalue weighted by molar-refractivity contribution is 1.02. The maximum atomic E-state index is 13.0. The van der Waals surface area contributed by atoms with Gasteiger partial charge in [-0.05, 0) is 41.1 Å². The van der Waals surface area contributed by atoms with Crippen LogP contribution in [0, 0.1) is 0 Å². The number of benzene rings is 2. The summed E-state index contributed by atoms with van der Waals surface area (Å²) in [5.41, 5.74) is 2.90. The van der Waals surface area contributed by atoms with Crippen molar-refractivity contribution in [1.82, 2.24) is 4.57 Å². The Morgan fingerprint density at radius 3 is 2.41 bits per heavy atom. The zero-order valence-electron chi connectivity index (χ0n) is 11.8. The van der Waals surface area contributed by atoms with Gasteiger partial charge in [-0.1, -0.05) is 36.4 Å². The van der Waals surface area contributed by atoms with Gasteiger partial charge in [-0.25, -0.2) is 0 Å². The molecular formula is C19H13NOS. The lowest BCUT2D eigenvalue weighted by Gasteiger charge is -2.14. The number of thiophene rings is 1. The molecule has 0 N–H and O–H groups in total. The minimum atomic E-state index is 0.0190. The van der Waals surface area contributed by atoms with Crippen LogP contribution in [0.5, 0.6) is 0 Å². The molecule has 2 heterocycles. The fourth-order valence-corrected chi connectivity index (χ4v) is 3.37. The Morgan fingerprint density at radius 2 is 1.64 bits per heavy atom. The van der Waals surface area contributed by atoms with E-state index in [0.29, 0.717) is 0 Å². The highest BCUT2D eigenvalue weighted by atomic mass is 32.1. The van der Waals surface area contributed by atoms with Crippen molar-refractivity contribution in [2.75, 3.05) is 0 Å². The molecule has 0 aliphatic heterocycles. The summed E-state index contributed by atoms with van der Waals surface area (Å²) in [5.74, 6) is 0. The molecule has 0 fully saturated rings. The third-order valence-corrected chi connectivity index (χ3v) is 4.44. The van der Waals surface area contributed by atoms with Crippen LogP contribution in [0.2, 0.25) is 0 Å². The minimum absolute atomic E-state index is 0.0190. The molecule has 0 radical (unpaired) electrons. The smallest absolute Gasteiger partial charge is 0.263 e. The maximum Gasteiger partial charge on any atom is 0.263 e. The molecule has 0 aliphatic carbocycles. The molecular weight excluding hydrogens is 290 g/mol. The first kappa shape index (κ1) is 13.0. The number of para-hydroxylation sites is 1. The van der Waals surface area contributed by atoms with Gasteiger partial charge in [0.25, 0.3) is 5.56 Å². The van der Waals surface area contributed by atoms with E-state index in [1.54, 1.807) is 15.9 Å². The molecule has 0 amide bonds. The van der Waals surface area contributed by atoms with Gasteiger partial charge in [-0.15, -0.1) is 0 Å². The summed E-state index contributed by atoms with van der Waals surface area (Å²) in [6, 6.07) is 21.7. The predicted molar refractivity (Wildman–Crippen MR) is 92.9 cm³/mol. The molecule has 0 atom stereocenters. The summed E-state index contributed by atoms with van der Waals surface area (Å²) in [7, 11) is 0. The zero-order valence-corrected chi connectivity index (χ0v) is 12.6. The SMILES string of the molecule is O=c1c2ccccc2cc(-c2ccsc2)n1-c1ccccc1. The van der Waals surface area contributed by atoms with Crippen LogP contribution in [0.15, 0.2) is 82.3 Å². The van der Waals surface area contributed by atoms with E-state index in [1.165, 1.54) is 0 Å². The average molecular weight is 303 g/mol. The Bertz CT molecular complexity index is 985. The van der Waals surface area contributed by atoms with Gasteiger partial charge in [0.1, 0.15) is 0 Å². The standard InChI is InChI=1S/C19H13NOS/c21-19-17-9-5-4-6-14(17)12-18(15-10-11-22-13-15)20(19)16-7-2-1-3-8-16/h1-13H. The van der Waals surface area contributed by atoms with Crippen LogP contribution in [-0.4, -0.2) is 4.57 Å². The molecule has 2 nitrogen and oxygen atoms in total. The predicted octanol–water partition coefficient (Wildman–Crippen LogP) is 4.72. The van der Waals surface area contributed by atoms with Crippen LogP contribution in [0.1, 0.15) is 0 Å². The van der Waals surface area contributed by atoms with Crippen LogP contribution >= 0.6 is 11.3 Å². The molecule has 3 heteroatoms. The Kier molecular flexibility index (Phi) is 3.13. The molecule has 106 valence electrons. The van der Waals surface area contributed by atoms with E-state index in [0.717, 1.165) is 27.7 Å². The van der Waals surface area contributed by atoms with E-state index in [9.17, 15) is 4.79 Å². The quantitative estimate of drug-likeness (QED) is 0.525. The molecule has 4 rings (SSSR count). The van der Waals surface area contributed by atoms with Crippen molar-refractivity contribution in [3.8, 4) is 16.9 Å². The number of aromatic nitrogens is 1. The number of nitrogens with zero attached hydrogens (tertiary/aromatic N) is 1. The first-order valence-electron chi connectivity index (χ1n) is 7.07. The fraction of sp³-hybridized carbons (Fsp3) is 0. The van der Waals surface area contributed by atoms with E-state index in [1.807, 2.05) is 66.0 Å². The lowest BCUT2D eigenvalue weighted by atomic mass is 10.1. The normalized spacial score (nSPS) is 10.9. The van der Waals surface area contributed by atoms with Gasteiger partial charge in [0.15, 0.2) is 0 Å².